The van der Waals surface area contributed by atoms with E-state index in [9.17, 15) is 9.90 Å². The number of hydrogen-bond acceptors (Lipinski definition) is 3. The zero-order valence-electron chi connectivity index (χ0n) is 14.1. The SMILES string of the molecule is Cc1nn(C)c(C)c1CCNC(=O)N(C)CC1CCCC1O. The highest BCUT2D eigenvalue weighted by Crippen LogP contribution is 2.25. The van der Waals surface area contributed by atoms with Gasteiger partial charge in [-0.05, 0) is 38.7 Å². The standard InChI is InChI=1S/C16H28N4O2/c1-11-14(12(2)20(4)18-11)8-9-17-16(22)19(3)10-13-6-5-7-15(13)21/h13,15,21H,5-10H2,1-4H3,(H,17,22). The van der Waals surface area contributed by atoms with E-state index in [1.54, 1.807) is 11.9 Å². The summed E-state index contributed by atoms with van der Waals surface area (Å²) in [4.78, 5) is 13.8. The number of urea groups is 1. The van der Waals surface area contributed by atoms with Crippen LogP contribution in [0.3, 0.4) is 0 Å². The molecular weight excluding hydrogens is 280 g/mol. The van der Waals surface area contributed by atoms with Crippen LogP contribution in [0, 0.1) is 19.8 Å². The first-order chi connectivity index (χ1) is 10.4. The monoisotopic (exact) mass is 308 g/mol. The number of rotatable bonds is 5. The van der Waals surface area contributed by atoms with Gasteiger partial charge in [-0.1, -0.05) is 6.42 Å². The zero-order chi connectivity index (χ0) is 16.3. The van der Waals surface area contributed by atoms with Crippen LogP contribution in [0.5, 0.6) is 0 Å². The summed E-state index contributed by atoms with van der Waals surface area (Å²) in [5, 5.41) is 17.2. The minimum absolute atomic E-state index is 0.0710. The van der Waals surface area contributed by atoms with Crippen LogP contribution in [0.4, 0.5) is 4.79 Å². The Morgan fingerprint density at radius 3 is 2.73 bits per heavy atom. The molecule has 6 heteroatoms. The molecule has 1 aromatic heterocycles. The number of amides is 2. The van der Waals surface area contributed by atoms with E-state index in [4.69, 9.17) is 0 Å². The molecule has 2 amide bonds. The molecule has 0 bridgehead atoms. The molecule has 124 valence electrons. The number of carbonyl (C=O) groups excluding carboxylic acids is 1. The summed E-state index contributed by atoms with van der Waals surface area (Å²) in [7, 11) is 3.73. The number of aliphatic hydroxyl groups is 1. The van der Waals surface area contributed by atoms with Crippen molar-refractivity contribution in [3.05, 3.63) is 17.0 Å². The van der Waals surface area contributed by atoms with Crippen molar-refractivity contribution >= 4 is 6.03 Å². The van der Waals surface area contributed by atoms with E-state index in [0.717, 1.165) is 37.1 Å². The van der Waals surface area contributed by atoms with Gasteiger partial charge in [-0.15, -0.1) is 0 Å². The van der Waals surface area contributed by atoms with Gasteiger partial charge in [0.2, 0.25) is 0 Å². The largest absolute Gasteiger partial charge is 0.393 e. The molecule has 0 saturated heterocycles. The summed E-state index contributed by atoms with van der Waals surface area (Å²) >= 11 is 0. The molecule has 2 rings (SSSR count). The fraction of sp³-hybridized carbons (Fsp3) is 0.750. The van der Waals surface area contributed by atoms with Crippen LogP contribution in [0.2, 0.25) is 0 Å². The molecule has 1 heterocycles. The van der Waals surface area contributed by atoms with Crippen molar-refractivity contribution in [3.8, 4) is 0 Å². The Morgan fingerprint density at radius 2 is 2.18 bits per heavy atom. The van der Waals surface area contributed by atoms with Crippen LogP contribution in [-0.4, -0.2) is 52.1 Å². The van der Waals surface area contributed by atoms with Crippen LogP contribution in [0.1, 0.15) is 36.2 Å². The smallest absolute Gasteiger partial charge is 0.317 e. The van der Waals surface area contributed by atoms with E-state index in [2.05, 4.69) is 10.4 Å². The Balaban J connectivity index is 1.77. The van der Waals surface area contributed by atoms with Gasteiger partial charge < -0.3 is 15.3 Å². The predicted octanol–water partition coefficient (Wildman–Crippen LogP) is 1.38. The first kappa shape index (κ1) is 16.8. The molecule has 0 aromatic carbocycles. The summed E-state index contributed by atoms with van der Waals surface area (Å²) < 4.78 is 1.88. The highest BCUT2D eigenvalue weighted by atomic mass is 16.3. The van der Waals surface area contributed by atoms with Gasteiger partial charge in [0.15, 0.2) is 0 Å². The third kappa shape index (κ3) is 3.80. The first-order valence-corrected chi connectivity index (χ1v) is 8.06. The Hall–Kier alpha value is -1.56. The highest BCUT2D eigenvalue weighted by Gasteiger charge is 2.27. The molecule has 0 radical (unpaired) electrons. The average Bonchev–Trinajstić information content (AvgIpc) is 2.97. The van der Waals surface area contributed by atoms with Crippen LogP contribution < -0.4 is 5.32 Å². The van der Waals surface area contributed by atoms with Crippen molar-refractivity contribution in [2.45, 2.75) is 45.6 Å². The van der Waals surface area contributed by atoms with Crippen molar-refractivity contribution in [2.75, 3.05) is 20.1 Å². The van der Waals surface area contributed by atoms with Crippen LogP contribution in [0.25, 0.3) is 0 Å². The zero-order valence-corrected chi connectivity index (χ0v) is 14.1. The molecule has 0 aliphatic heterocycles. The highest BCUT2D eigenvalue weighted by molar-refractivity contribution is 5.73. The Bertz CT molecular complexity index is 526. The second-order valence-electron chi connectivity index (χ2n) is 6.39. The van der Waals surface area contributed by atoms with E-state index in [1.807, 2.05) is 25.6 Å². The van der Waals surface area contributed by atoms with Crippen LogP contribution in [0.15, 0.2) is 0 Å². The summed E-state index contributed by atoms with van der Waals surface area (Å²) in [6.07, 6.45) is 3.46. The maximum atomic E-state index is 12.1. The first-order valence-electron chi connectivity index (χ1n) is 8.06. The molecule has 0 spiro atoms. The van der Waals surface area contributed by atoms with Gasteiger partial charge in [-0.25, -0.2) is 4.79 Å². The van der Waals surface area contributed by atoms with Crippen molar-refractivity contribution < 1.29 is 9.90 Å². The van der Waals surface area contributed by atoms with Gasteiger partial charge in [0.1, 0.15) is 0 Å². The van der Waals surface area contributed by atoms with E-state index >= 15 is 0 Å². The third-order valence-corrected chi connectivity index (χ3v) is 4.78. The maximum Gasteiger partial charge on any atom is 0.317 e. The van der Waals surface area contributed by atoms with Crippen LogP contribution in [-0.2, 0) is 13.5 Å². The number of nitrogens with zero attached hydrogens (tertiary/aromatic N) is 3. The maximum absolute atomic E-state index is 12.1. The fourth-order valence-electron chi connectivity index (χ4n) is 3.27. The lowest BCUT2D eigenvalue weighted by Crippen LogP contribution is -2.41. The molecular formula is C16H28N4O2. The molecule has 22 heavy (non-hydrogen) atoms. The topological polar surface area (TPSA) is 70.4 Å². The molecule has 1 aliphatic carbocycles. The summed E-state index contributed by atoms with van der Waals surface area (Å²) in [5.41, 5.74) is 3.38. The van der Waals surface area contributed by atoms with Crippen molar-refractivity contribution in [1.29, 1.82) is 0 Å². The van der Waals surface area contributed by atoms with E-state index in [1.165, 1.54) is 5.56 Å². The molecule has 1 aromatic rings. The van der Waals surface area contributed by atoms with Crippen molar-refractivity contribution in [3.63, 3.8) is 0 Å². The molecule has 1 fully saturated rings. The number of nitrogens with one attached hydrogen (secondary N) is 1. The number of aryl methyl sites for hydroxylation is 2. The van der Waals surface area contributed by atoms with E-state index in [-0.39, 0.29) is 18.1 Å². The van der Waals surface area contributed by atoms with Crippen molar-refractivity contribution in [2.24, 2.45) is 13.0 Å². The second kappa shape index (κ2) is 7.13. The molecule has 2 N–H and O–H groups in total. The van der Waals surface area contributed by atoms with Gasteiger partial charge in [0.05, 0.1) is 11.8 Å². The number of aromatic nitrogens is 2. The van der Waals surface area contributed by atoms with Gasteiger partial charge in [-0.3, -0.25) is 4.68 Å². The number of hydrogen-bond donors (Lipinski definition) is 2. The van der Waals surface area contributed by atoms with Gasteiger partial charge in [-0.2, -0.15) is 5.10 Å². The Morgan fingerprint density at radius 1 is 1.45 bits per heavy atom. The molecule has 2 atom stereocenters. The Kier molecular flexibility index (Phi) is 5.45. The van der Waals surface area contributed by atoms with Gasteiger partial charge >= 0.3 is 6.03 Å². The molecule has 1 aliphatic rings. The third-order valence-electron chi connectivity index (χ3n) is 4.78. The fourth-order valence-corrected chi connectivity index (χ4v) is 3.27. The van der Waals surface area contributed by atoms with E-state index in [0.29, 0.717) is 13.1 Å². The van der Waals surface area contributed by atoms with Gasteiger partial charge in [0, 0.05) is 38.8 Å². The Labute approximate surface area is 132 Å². The lowest BCUT2D eigenvalue weighted by Gasteiger charge is -2.23. The van der Waals surface area contributed by atoms with Crippen LogP contribution >= 0.6 is 0 Å². The average molecular weight is 308 g/mol. The normalized spacial score (nSPS) is 21.1. The summed E-state index contributed by atoms with van der Waals surface area (Å²) in [6, 6.07) is -0.0710. The predicted molar refractivity (Wildman–Crippen MR) is 85.8 cm³/mol. The molecule has 6 nitrogen and oxygen atoms in total. The van der Waals surface area contributed by atoms with E-state index < -0.39 is 0 Å². The van der Waals surface area contributed by atoms with Crippen molar-refractivity contribution in [1.82, 2.24) is 20.0 Å². The minimum atomic E-state index is -0.254. The number of aliphatic hydroxyl groups excluding tert-OH is 1. The number of carbonyl (C=O) groups is 1. The second-order valence-corrected chi connectivity index (χ2v) is 6.39. The molecule has 2 unspecified atom stereocenters. The quantitative estimate of drug-likeness (QED) is 0.863. The summed E-state index contributed by atoms with van der Waals surface area (Å²) in [6.45, 7) is 5.27. The summed E-state index contributed by atoms with van der Waals surface area (Å²) in [5.74, 6) is 0.221. The lowest BCUT2D eigenvalue weighted by molar-refractivity contribution is 0.114. The lowest BCUT2D eigenvalue weighted by atomic mass is 10.1. The van der Waals surface area contributed by atoms with Gasteiger partial charge in [0.25, 0.3) is 0 Å². The molecule has 1 saturated carbocycles. The minimum Gasteiger partial charge on any atom is -0.393 e.